The van der Waals surface area contributed by atoms with Crippen molar-refractivity contribution in [3.63, 3.8) is 0 Å². The highest BCUT2D eigenvalue weighted by molar-refractivity contribution is 5.27. The molecule has 1 aliphatic heterocycles. The number of hydrogen-bond donors (Lipinski definition) is 1. The third kappa shape index (κ3) is 3.32. The number of benzene rings is 2. The van der Waals surface area contributed by atoms with Crippen LogP contribution in [0.25, 0.3) is 0 Å². The van der Waals surface area contributed by atoms with Crippen molar-refractivity contribution >= 4 is 0 Å². The van der Waals surface area contributed by atoms with Gasteiger partial charge < -0.3 is 10.5 Å². The van der Waals surface area contributed by atoms with E-state index in [4.69, 9.17) is 10.5 Å². The van der Waals surface area contributed by atoms with E-state index in [1.165, 1.54) is 11.1 Å². The normalized spacial score (nSPS) is 19.1. The van der Waals surface area contributed by atoms with Crippen LogP contribution in [0.5, 0.6) is 0 Å². The lowest BCUT2D eigenvalue weighted by Gasteiger charge is -2.38. The molecule has 1 saturated heterocycles. The second-order valence-corrected chi connectivity index (χ2v) is 5.44. The summed E-state index contributed by atoms with van der Waals surface area (Å²) in [6.45, 7) is 3.43. The van der Waals surface area contributed by atoms with Crippen LogP contribution in [0.4, 0.5) is 0 Å². The third-order valence-corrected chi connectivity index (χ3v) is 4.10. The van der Waals surface area contributed by atoms with Crippen LogP contribution < -0.4 is 5.73 Å². The Morgan fingerprint density at radius 2 is 1.33 bits per heavy atom. The molecule has 0 radical (unpaired) electrons. The van der Waals surface area contributed by atoms with Crippen LogP contribution in [0.15, 0.2) is 60.7 Å². The van der Waals surface area contributed by atoms with Crippen molar-refractivity contribution in [1.29, 1.82) is 0 Å². The zero-order chi connectivity index (χ0) is 14.5. The molecular weight excluding hydrogens is 260 g/mol. The van der Waals surface area contributed by atoms with E-state index in [1.807, 2.05) is 12.1 Å². The van der Waals surface area contributed by atoms with E-state index >= 15 is 0 Å². The van der Waals surface area contributed by atoms with Crippen LogP contribution in [0, 0.1) is 0 Å². The third-order valence-electron chi connectivity index (χ3n) is 4.10. The molecule has 110 valence electrons. The number of rotatable bonds is 4. The molecule has 0 spiro atoms. The highest BCUT2D eigenvalue weighted by Gasteiger charge is 2.28. The van der Waals surface area contributed by atoms with Gasteiger partial charge in [0.05, 0.1) is 19.3 Å². The maximum Gasteiger partial charge on any atom is 0.0594 e. The van der Waals surface area contributed by atoms with Gasteiger partial charge in [-0.05, 0) is 11.1 Å². The van der Waals surface area contributed by atoms with Crippen LogP contribution in [0.2, 0.25) is 0 Å². The summed E-state index contributed by atoms with van der Waals surface area (Å²) in [6, 6.07) is 21.1. The predicted molar refractivity (Wildman–Crippen MR) is 84.9 cm³/mol. The quantitative estimate of drug-likeness (QED) is 0.937. The Morgan fingerprint density at radius 3 is 1.90 bits per heavy atom. The molecule has 2 aromatic carbocycles. The summed E-state index contributed by atoms with van der Waals surface area (Å²) in [4.78, 5) is 2.44. The molecule has 3 heteroatoms. The lowest BCUT2D eigenvalue weighted by atomic mass is 9.92. The monoisotopic (exact) mass is 282 g/mol. The Morgan fingerprint density at radius 1 is 0.810 bits per heavy atom. The first-order valence-corrected chi connectivity index (χ1v) is 7.53. The molecule has 1 heterocycles. The molecule has 3 rings (SSSR count). The van der Waals surface area contributed by atoms with Gasteiger partial charge in [-0.2, -0.15) is 0 Å². The van der Waals surface area contributed by atoms with Crippen molar-refractivity contribution in [3.8, 4) is 0 Å². The fourth-order valence-corrected chi connectivity index (χ4v) is 3.01. The molecule has 0 bridgehead atoms. The number of morpholine rings is 1. The van der Waals surface area contributed by atoms with E-state index in [1.54, 1.807) is 0 Å². The van der Waals surface area contributed by atoms with Crippen molar-refractivity contribution in [2.45, 2.75) is 12.1 Å². The van der Waals surface area contributed by atoms with E-state index in [9.17, 15) is 0 Å². The van der Waals surface area contributed by atoms with Crippen LogP contribution in [-0.4, -0.2) is 31.2 Å². The van der Waals surface area contributed by atoms with Gasteiger partial charge in [0.25, 0.3) is 0 Å². The molecule has 2 atom stereocenters. The van der Waals surface area contributed by atoms with Crippen LogP contribution in [-0.2, 0) is 4.74 Å². The number of hydrogen-bond acceptors (Lipinski definition) is 3. The molecular formula is C18H22N2O. The molecule has 0 amide bonds. The lowest BCUT2D eigenvalue weighted by Crippen LogP contribution is -2.43. The minimum absolute atomic E-state index is 0.0355. The van der Waals surface area contributed by atoms with Gasteiger partial charge >= 0.3 is 0 Å². The summed E-state index contributed by atoms with van der Waals surface area (Å²) < 4.78 is 5.49. The Hall–Kier alpha value is -1.68. The summed E-state index contributed by atoms with van der Waals surface area (Å²) >= 11 is 0. The van der Waals surface area contributed by atoms with Gasteiger partial charge in [-0.1, -0.05) is 60.7 Å². The van der Waals surface area contributed by atoms with Crippen molar-refractivity contribution in [2.24, 2.45) is 5.73 Å². The summed E-state index contributed by atoms with van der Waals surface area (Å²) in [5, 5.41) is 0. The minimum atomic E-state index is -0.0355. The molecule has 1 fully saturated rings. The van der Waals surface area contributed by atoms with E-state index < -0.39 is 0 Å². The van der Waals surface area contributed by atoms with E-state index in [2.05, 4.69) is 53.4 Å². The molecule has 2 N–H and O–H groups in total. The highest BCUT2D eigenvalue weighted by Crippen LogP contribution is 2.32. The van der Waals surface area contributed by atoms with Gasteiger partial charge in [-0.3, -0.25) is 4.90 Å². The molecule has 0 saturated carbocycles. The largest absolute Gasteiger partial charge is 0.379 e. The Bertz CT molecular complexity index is 538. The summed E-state index contributed by atoms with van der Waals surface area (Å²) in [7, 11) is 0. The Labute approximate surface area is 126 Å². The molecule has 0 aromatic heterocycles. The van der Waals surface area contributed by atoms with Crippen molar-refractivity contribution < 1.29 is 4.74 Å². The number of nitrogens with zero attached hydrogens (tertiary/aromatic N) is 1. The van der Waals surface area contributed by atoms with Crippen molar-refractivity contribution in [3.05, 3.63) is 71.8 Å². The first kappa shape index (κ1) is 14.3. The number of ether oxygens (including phenoxy) is 1. The average Bonchev–Trinajstić information content (AvgIpc) is 2.58. The van der Waals surface area contributed by atoms with E-state index in [0.29, 0.717) is 0 Å². The van der Waals surface area contributed by atoms with Gasteiger partial charge in [0.1, 0.15) is 0 Å². The first-order chi connectivity index (χ1) is 10.4. The smallest absolute Gasteiger partial charge is 0.0594 e. The average molecular weight is 282 g/mol. The van der Waals surface area contributed by atoms with Crippen molar-refractivity contribution in [1.82, 2.24) is 4.90 Å². The topological polar surface area (TPSA) is 38.5 Å². The van der Waals surface area contributed by atoms with Gasteiger partial charge in [-0.15, -0.1) is 0 Å². The second-order valence-electron chi connectivity index (χ2n) is 5.44. The maximum absolute atomic E-state index is 6.62. The Kier molecular flexibility index (Phi) is 4.65. The van der Waals surface area contributed by atoms with Gasteiger partial charge in [-0.25, -0.2) is 0 Å². The SMILES string of the molecule is NC(c1ccccc1)C(c1ccccc1)N1CCOCC1. The Balaban J connectivity index is 1.92. The molecule has 21 heavy (non-hydrogen) atoms. The van der Waals surface area contributed by atoms with Crippen LogP contribution in [0.3, 0.4) is 0 Å². The van der Waals surface area contributed by atoms with Gasteiger partial charge in [0, 0.05) is 19.1 Å². The van der Waals surface area contributed by atoms with Gasteiger partial charge in [0.15, 0.2) is 0 Å². The zero-order valence-electron chi connectivity index (χ0n) is 12.2. The predicted octanol–water partition coefficient (Wildman–Crippen LogP) is 2.76. The lowest BCUT2D eigenvalue weighted by molar-refractivity contribution is 0.0101. The highest BCUT2D eigenvalue weighted by atomic mass is 16.5. The maximum atomic E-state index is 6.62. The second kappa shape index (κ2) is 6.85. The fourth-order valence-electron chi connectivity index (χ4n) is 3.01. The molecule has 2 aromatic rings. The van der Waals surface area contributed by atoms with Crippen LogP contribution in [0.1, 0.15) is 23.2 Å². The van der Waals surface area contributed by atoms with Crippen molar-refractivity contribution in [2.75, 3.05) is 26.3 Å². The fraction of sp³-hybridized carbons (Fsp3) is 0.333. The molecule has 0 aliphatic carbocycles. The summed E-state index contributed by atoms with van der Waals surface area (Å²) in [6.07, 6.45) is 0. The molecule has 2 unspecified atom stereocenters. The zero-order valence-corrected chi connectivity index (χ0v) is 12.2. The summed E-state index contributed by atoms with van der Waals surface area (Å²) in [5.41, 5.74) is 9.07. The van der Waals surface area contributed by atoms with E-state index in [0.717, 1.165) is 26.3 Å². The molecule has 1 aliphatic rings. The van der Waals surface area contributed by atoms with E-state index in [-0.39, 0.29) is 12.1 Å². The number of nitrogens with two attached hydrogens (primary N) is 1. The standard InChI is InChI=1S/C18H22N2O/c19-17(15-7-3-1-4-8-15)18(16-9-5-2-6-10-16)20-11-13-21-14-12-20/h1-10,17-18H,11-14,19H2. The molecule has 3 nitrogen and oxygen atoms in total. The minimum Gasteiger partial charge on any atom is -0.379 e. The van der Waals surface area contributed by atoms with Gasteiger partial charge in [0.2, 0.25) is 0 Å². The summed E-state index contributed by atoms with van der Waals surface area (Å²) in [5.74, 6) is 0. The first-order valence-electron chi connectivity index (χ1n) is 7.53. The van der Waals surface area contributed by atoms with Crippen LogP contribution >= 0.6 is 0 Å².